The molecular formula is C22H23N5O2S. The smallest absolute Gasteiger partial charge is 0.277 e. The Balaban J connectivity index is 1.61. The molecule has 0 bridgehead atoms. The highest BCUT2D eigenvalue weighted by Crippen LogP contribution is 2.28. The molecule has 0 saturated carbocycles. The third kappa shape index (κ3) is 5.19. The van der Waals surface area contributed by atoms with E-state index in [0.29, 0.717) is 22.4 Å². The average Bonchev–Trinajstić information content (AvgIpc) is 3.24. The molecule has 0 aliphatic rings. The molecule has 154 valence electrons. The normalized spacial score (nSPS) is 11.5. The zero-order valence-corrected chi connectivity index (χ0v) is 17.9. The average molecular weight is 422 g/mol. The van der Waals surface area contributed by atoms with E-state index in [1.54, 1.807) is 31.2 Å². The van der Waals surface area contributed by atoms with Crippen LogP contribution < -0.4 is 10.2 Å². The number of rotatable bonds is 8. The number of nitriles is 1. The van der Waals surface area contributed by atoms with Gasteiger partial charge in [-0.25, -0.2) is 0 Å². The summed E-state index contributed by atoms with van der Waals surface area (Å²) in [5, 5.41) is 19.7. The molecule has 0 spiro atoms. The Morgan fingerprint density at radius 3 is 2.40 bits per heavy atom. The molecule has 1 aromatic heterocycles. The fraction of sp³-hybridized carbons (Fsp3) is 0.273. The van der Waals surface area contributed by atoms with Crippen molar-refractivity contribution in [3.63, 3.8) is 0 Å². The summed E-state index contributed by atoms with van der Waals surface area (Å²) >= 11 is 1.20. The second kappa shape index (κ2) is 9.94. The molecule has 1 heterocycles. The molecule has 1 atom stereocenters. The summed E-state index contributed by atoms with van der Waals surface area (Å²) in [6.45, 7) is 7.90. The van der Waals surface area contributed by atoms with Crippen molar-refractivity contribution in [2.45, 2.75) is 31.2 Å². The van der Waals surface area contributed by atoms with Crippen molar-refractivity contribution >= 4 is 29.0 Å². The van der Waals surface area contributed by atoms with Gasteiger partial charge in [0.15, 0.2) is 0 Å². The van der Waals surface area contributed by atoms with Crippen LogP contribution in [0, 0.1) is 11.3 Å². The Hall–Kier alpha value is -3.31. The van der Waals surface area contributed by atoms with Gasteiger partial charge in [-0.1, -0.05) is 11.8 Å². The van der Waals surface area contributed by atoms with Gasteiger partial charge in [0.2, 0.25) is 11.8 Å². The Labute approximate surface area is 180 Å². The predicted octanol–water partition coefficient (Wildman–Crippen LogP) is 4.57. The van der Waals surface area contributed by atoms with Crippen LogP contribution in [0.4, 0.5) is 11.4 Å². The molecule has 0 radical (unpaired) electrons. The highest BCUT2D eigenvalue weighted by Gasteiger charge is 2.19. The van der Waals surface area contributed by atoms with Crippen LogP contribution in [-0.2, 0) is 4.79 Å². The summed E-state index contributed by atoms with van der Waals surface area (Å²) in [6, 6.07) is 16.7. The highest BCUT2D eigenvalue weighted by atomic mass is 32.2. The van der Waals surface area contributed by atoms with E-state index in [-0.39, 0.29) is 5.91 Å². The Morgan fingerprint density at radius 1 is 1.13 bits per heavy atom. The topological polar surface area (TPSA) is 95.0 Å². The number of amides is 1. The standard InChI is InChI=1S/C22H23N5O2S/c1-4-27(5-2)19-12-8-17(9-13-19)21-25-26-22(29-21)30-15(3)20(28)24-18-10-6-16(14-23)7-11-18/h6-13,15H,4-5H2,1-3H3,(H,24,28). The summed E-state index contributed by atoms with van der Waals surface area (Å²) in [7, 11) is 0. The van der Waals surface area contributed by atoms with Gasteiger partial charge >= 0.3 is 0 Å². The van der Waals surface area contributed by atoms with Gasteiger partial charge in [0.1, 0.15) is 0 Å². The van der Waals surface area contributed by atoms with Gasteiger partial charge in [0.25, 0.3) is 5.22 Å². The van der Waals surface area contributed by atoms with Crippen LogP contribution in [0.25, 0.3) is 11.5 Å². The zero-order chi connectivity index (χ0) is 21.5. The quantitative estimate of drug-likeness (QED) is 0.532. The summed E-state index contributed by atoms with van der Waals surface area (Å²) in [5.74, 6) is 0.233. The number of nitrogens with one attached hydrogen (secondary N) is 1. The maximum Gasteiger partial charge on any atom is 0.277 e. The van der Waals surface area contributed by atoms with Gasteiger partial charge in [-0.05, 0) is 69.3 Å². The van der Waals surface area contributed by atoms with E-state index in [1.165, 1.54) is 11.8 Å². The number of aromatic nitrogens is 2. The molecule has 0 saturated heterocycles. The minimum atomic E-state index is -0.431. The highest BCUT2D eigenvalue weighted by molar-refractivity contribution is 8.00. The summed E-state index contributed by atoms with van der Waals surface area (Å²) < 4.78 is 5.74. The summed E-state index contributed by atoms with van der Waals surface area (Å²) in [5.41, 5.74) is 3.15. The minimum absolute atomic E-state index is 0.187. The van der Waals surface area contributed by atoms with E-state index >= 15 is 0 Å². The summed E-state index contributed by atoms with van der Waals surface area (Å²) in [6.07, 6.45) is 0. The third-order valence-electron chi connectivity index (χ3n) is 4.58. The Kier molecular flexibility index (Phi) is 7.09. The molecular weight excluding hydrogens is 398 g/mol. The number of hydrogen-bond donors (Lipinski definition) is 1. The van der Waals surface area contributed by atoms with E-state index in [2.05, 4.69) is 34.3 Å². The van der Waals surface area contributed by atoms with Crippen LogP contribution in [-0.4, -0.2) is 34.4 Å². The molecule has 2 aromatic carbocycles. The number of benzene rings is 2. The van der Waals surface area contributed by atoms with Gasteiger partial charge in [-0.2, -0.15) is 5.26 Å². The lowest BCUT2D eigenvalue weighted by molar-refractivity contribution is -0.115. The molecule has 7 nitrogen and oxygen atoms in total. The van der Waals surface area contributed by atoms with Crippen LogP contribution in [0.15, 0.2) is 58.2 Å². The van der Waals surface area contributed by atoms with E-state index in [4.69, 9.17) is 9.68 Å². The molecule has 3 rings (SSSR count). The first kappa shape index (κ1) is 21.4. The lowest BCUT2D eigenvalue weighted by Gasteiger charge is -2.20. The van der Waals surface area contributed by atoms with Crippen LogP contribution in [0.1, 0.15) is 26.3 Å². The van der Waals surface area contributed by atoms with Crippen LogP contribution >= 0.6 is 11.8 Å². The summed E-state index contributed by atoms with van der Waals surface area (Å²) in [4.78, 5) is 14.7. The SMILES string of the molecule is CCN(CC)c1ccc(-c2nnc(SC(C)C(=O)Nc3ccc(C#N)cc3)o2)cc1. The monoisotopic (exact) mass is 421 g/mol. The van der Waals surface area contributed by atoms with E-state index in [0.717, 1.165) is 24.3 Å². The van der Waals surface area contributed by atoms with Crippen molar-refractivity contribution in [1.29, 1.82) is 5.26 Å². The van der Waals surface area contributed by atoms with E-state index in [1.807, 2.05) is 30.3 Å². The van der Waals surface area contributed by atoms with Crippen LogP contribution in [0.5, 0.6) is 0 Å². The van der Waals surface area contributed by atoms with Crippen molar-refractivity contribution in [2.75, 3.05) is 23.3 Å². The second-order valence-corrected chi connectivity index (χ2v) is 7.82. The van der Waals surface area contributed by atoms with Crippen molar-refractivity contribution in [2.24, 2.45) is 0 Å². The van der Waals surface area contributed by atoms with Crippen LogP contribution in [0.2, 0.25) is 0 Å². The first-order valence-electron chi connectivity index (χ1n) is 9.70. The molecule has 1 N–H and O–H groups in total. The molecule has 8 heteroatoms. The zero-order valence-electron chi connectivity index (χ0n) is 17.1. The van der Waals surface area contributed by atoms with E-state index in [9.17, 15) is 4.79 Å². The maximum atomic E-state index is 12.4. The molecule has 1 unspecified atom stereocenters. The van der Waals surface area contributed by atoms with E-state index < -0.39 is 5.25 Å². The van der Waals surface area contributed by atoms with Gasteiger partial charge < -0.3 is 14.6 Å². The fourth-order valence-electron chi connectivity index (χ4n) is 2.85. The number of nitrogens with zero attached hydrogens (tertiary/aromatic N) is 4. The van der Waals surface area contributed by atoms with Crippen molar-refractivity contribution < 1.29 is 9.21 Å². The fourth-order valence-corrected chi connectivity index (χ4v) is 3.54. The van der Waals surface area contributed by atoms with Gasteiger partial charge in [0, 0.05) is 30.0 Å². The number of anilines is 2. The first-order chi connectivity index (χ1) is 14.5. The molecule has 30 heavy (non-hydrogen) atoms. The predicted molar refractivity (Wildman–Crippen MR) is 118 cm³/mol. The first-order valence-corrected chi connectivity index (χ1v) is 10.6. The molecule has 1 amide bonds. The lowest BCUT2D eigenvalue weighted by Crippen LogP contribution is -2.22. The number of carbonyl (C=O) groups excluding carboxylic acids is 1. The lowest BCUT2D eigenvalue weighted by atomic mass is 10.2. The van der Waals surface area contributed by atoms with Gasteiger partial charge in [-0.3, -0.25) is 4.79 Å². The second-order valence-electron chi connectivity index (χ2n) is 6.53. The van der Waals surface area contributed by atoms with Crippen LogP contribution in [0.3, 0.4) is 0 Å². The minimum Gasteiger partial charge on any atom is -0.411 e. The Bertz CT molecular complexity index is 1020. The molecule has 0 fully saturated rings. The van der Waals surface area contributed by atoms with Crippen molar-refractivity contribution in [3.8, 4) is 17.5 Å². The van der Waals surface area contributed by atoms with Gasteiger partial charge in [-0.15, -0.1) is 10.2 Å². The van der Waals surface area contributed by atoms with Crippen molar-refractivity contribution in [3.05, 3.63) is 54.1 Å². The third-order valence-corrected chi connectivity index (χ3v) is 5.51. The molecule has 0 aliphatic carbocycles. The largest absolute Gasteiger partial charge is 0.411 e. The molecule has 3 aromatic rings. The number of hydrogen-bond acceptors (Lipinski definition) is 7. The van der Waals surface area contributed by atoms with Gasteiger partial charge in [0.05, 0.1) is 16.9 Å². The number of carbonyl (C=O) groups is 1. The van der Waals surface area contributed by atoms with Crippen molar-refractivity contribution in [1.82, 2.24) is 10.2 Å². The maximum absolute atomic E-state index is 12.4. The Morgan fingerprint density at radius 2 is 1.80 bits per heavy atom. The molecule has 0 aliphatic heterocycles. The number of thioether (sulfide) groups is 1.